The molecule has 1 amide bonds. The molecule has 0 aromatic rings. The van der Waals surface area contributed by atoms with E-state index in [-0.39, 0.29) is 11.8 Å². The summed E-state index contributed by atoms with van der Waals surface area (Å²) in [7, 11) is 0. The highest BCUT2D eigenvalue weighted by atomic mass is 16.1. The Hall–Kier alpha value is -0.610. The fourth-order valence-corrected chi connectivity index (χ4v) is 3.04. The minimum absolute atomic E-state index is 0.168. The normalized spacial score (nSPS) is 27.5. The van der Waals surface area contributed by atoms with Crippen LogP contribution in [-0.2, 0) is 4.79 Å². The van der Waals surface area contributed by atoms with Gasteiger partial charge in [-0.15, -0.1) is 0 Å². The number of nitrogens with two attached hydrogens (primary N) is 1. The van der Waals surface area contributed by atoms with Crippen molar-refractivity contribution in [2.75, 3.05) is 26.2 Å². The van der Waals surface area contributed by atoms with E-state index in [0.717, 1.165) is 45.4 Å². The van der Waals surface area contributed by atoms with Crippen molar-refractivity contribution in [1.82, 2.24) is 10.2 Å². The van der Waals surface area contributed by atoms with Crippen LogP contribution in [0.2, 0.25) is 0 Å². The fourth-order valence-electron chi connectivity index (χ4n) is 3.04. The number of amides is 1. The molecule has 1 saturated carbocycles. The van der Waals surface area contributed by atoms with Crippen LogP contribution in [0.4, 0.5) is 0 Å². The Morgan fingerprint density at radius 2 is 2.05 bits per heavy atom. The molecule has 1 aliphatic carbocycles. The van der Waals surface area contributed by atoms with Crippen molar-refractivity contribution in [3.8, 4) is 0 Å². The Kier molecular flexibility index (Phi) is 7.39. The van der Waals surface area contributed by atoms with Crippen LogP contribution in [0.15, 0.2) is 0 Å². The maximum atomic E-state index is 12.2. The number of nitrogens with zero attached hydrogens (tertiary/aromatic N) is 1. The highest BCUT2D eigenvalue weighted by Gasteiger charge is 2.30. The van der Waals surface area contributed by atoms with Gasteiger partial charge in [0.25, 0.3) is 0 Å². The van der Waals surface area contributed by atoms with Crippen LogP contribution in [0.3, 0.4) is 0 Å². The van der Waals surface area contributed by atoms with E-state index in [2.05, 4.69) is 31.0 Å². The maximum Gasteiger partial charge on any atom is 0.223 e. The van der Waals surface area contributed by atoms with Crippen LogP contribution in [-0.4, -0.2) is 43.0 Å². The predicted molar refractivity (Wildman–Crippen MR) is 79.9 cm³/mol. The third kappa shape index (κ3) is 5.49. The van der Waals surface area contributed by atoms with E-state index in [1.54, 1.807) is 0 Å². The van der Waals surface area contributed by atoms with Gasteiger partial charge in [0, 0.05) is 25.0 Å². The molecule has 1 rings (SSSR count). The van der Waals surface area contributed by atoms with Crippen molar-refractivity contribution >= 4 is 5.91 Å². The molecule has 3 atom stereocenters. The van der Waals surface area contributed by atoms with Crippen molar-refractivity contribution in [3.05, 3.63) is 0 Å². The first-order chi connectivity index (χ1) is 9.08. The van der Waals surface area contributed by atoms with Crippen LogP contribution in [0.5, 0.6) is 0 Å². The third-order valence-electron chi connectivity index (χ3n) is 4.26. The molecular weight excluding hydrogens is 238 g/mol. The second kappa shape index (κ2) is 8.54. The van der Waals surface area contributed by atoms with E-state index in [4.69, 9.17) is 5.73 Å². The number of nitrogens with one attached hydrogen (secondary N) is 1. The lowest BCUT2D eigenvalue weighted by atomic mass is 9.78. The molecule has 1 aliphatic rings. The van der Waals surface area contributed by atoms with Crippen molar-refractivity contribution in [2.45, 2.75) is 52.5 Å². The summed E-state index contributed by atoms with van der Waals surface area (Å²) in [5.41, 5.74) is 5.94. The largest absolute Gasteiger partial charge is 0.355 e. The Morgan fingerprint density at radius 3 is 2.63 bits per heavy atom. The second-order valence-electron chi connectivity index (χ2n) is 5.88. The summed E-state index contributed by atoms with van der Waals surface area (Å²) < 4.78 is 0. The molecule has 0 radical (unpaired) electrons. The first-order valence-electron chi connectivity index (χ1n) is 7.84. The number of carbonyl (C=O) groups is 1. The Labute approximate surface area is 118 Å². The van der Waals surface area contributed by atoms with Gasteiger partial charge in [0.1, 0.15) is 0 Å². The van der Waals surface area contributed by atoms with Gasteiger partial charge in [0.2, 0.25) is 5.91 Å². The van der Waals surface area contributed by atoms with E-state index >= 15 is 0 Å². The molecule has 0 aromatic heterocycles. The first-order valence-corrected chi connectivity index (χ1v) is 7.84. The number of rotatable bonds is 7. The van der Waals surface area contributed by atoms with Crippen LogP contribution < -0.4 is 11.1 Å². The molecule has 4 nitrogen and oxygen atoms in total. The highest BCUT2D eigenvalue weighted by Crippen LogP contribution is 2.29. The van der Waals surface area contributed by atoms with Crippen LogP contribution in [0.25, 0.3) is 0 Å². The number of carbonyl (C=O) groups excluding carboxylic acids is 1. The van der Waals surface area contributed by atoms with E-state index < -0.39 is 0 Å². The zero-order valence-corrected chi connectivity index (χ0v) is 12.8. The Morgan fingerprint density at radius 1 is 1.32 bits per heavy atom. The van der Waals surface area contributed by atoms with Crippen molar-refractivity contribution in [2.24, 2.45) is 17.6 Å². The summed E-state index contributed by atoms with van der Waals surface area (Å²) >= 11 is 0. The van der Waals surface area contributed by atoms with Crippen LogP contribution >= 0.6 is 0 Å². The molecule has 0 bridgehead atoms. The first kappa shape index (κ1) is 16.4. The molecule has 19 heavy (non-hydrogen) atoms. The summed E-state index contributed by atoms with van der Waals surface area (Å²) in [6.45, 7) is 10.4. The van der Waals surface area contributed by atoms with Crippen molar-refractivity contribution in [1.29, 1.82) is 0 Å². The Bertz CT molecular complexity index is 270. The molecular formula is C15H31N3O. The molecule has 1 fully saturated rings. The number of hydrogen-bond acceptors (Lipinski definition) is 3. The smallest absolute Gasteiger partial charge is 0.223 e. The van der Waals surface area contributed by atoms with Crippen LogP contribution in [0.1, 0.15) is 46.5 Å². The highest BCUT2D eigenvalue weighted by molar-refractivity contribution is 5.79. The monoisotopic (exact) mass is 269 g/mol. The van der Waals surface area contributed by atoms with Crippen LogP contribution in [0, 0.1) is 11.8 Å². The molecule has 0 spiro atoms. The van der Waals surface area contributed by atoms with Gasteiger partial charge in [-0.2, -0.15) is 0 Å². The topological polar surface area (TPSA) is 58.4 Å². The predicted octanol–water partition coefficient (Wildman–Crippen LogP) is 1.60. The quantitative estimate of drug-likeness (QED) is 0.738. The van der Waals surface area contributed by atoms with Gasteiger partial charge in [-0.1, -0.05) is 20.8 Å². The zero-order valence-electron chi connectivity index (χ0n) is 12.8. The average molecular weight is 269 g/mol. The van der Waals surface area contributed by atoms with E-state index in [1.807, 2.05) is 0 Å². The summed E-state index contributed by atoms with van der Waals surface area (Å²) in [5, 5.41) is 3.10. The minimum Gasteiger partial charge on any atom is -0.355 e. The molecule has 112 valence electrons. The van der Waals surface area contributed by atoms with E-state index in [0.29, 0.717) is 12.0 Å². The van der Waals surface area contributed by atoms with Gasteiger partial charge in [0.05, 0.1) is 0 Å². The fraction of sp³-hybridized carbons (Fsp3) is 0.933. The average Bonchev–Trinajstić information content (AvgIpc) is 2.37. The second-order valence-corrected chi connectivity index (χ2v) is 5.88. The summed E-state index contributed by atoms with van der Waals surface area (Å²) in [4.78, 5) is 14.5. The molecule has 0 aliphatic heterocycles. The SMILES string of the molecule is CCCN(CC)CCNC(=O)C1CCC(N)CC1C. The lowest BCUT2D eigenvalue weighted by Gasteiger charge is -2.31. The third-order valence-corrected chi connectivity index (χ3v) is 4.26. The zero-order chi connectivity index (χ0) is 14.3. The standard InChI is InChI=1S/C15H31N3O/c1-4-9-18(5-2)10-8-17-15(19)14-7-6-13(16)11-12(14)3/h12-14H,4-11,16H2,1-3H3,(H,17,19). The summed E-state index contributed by atoms with van der Waals surface area (Å²) in [5.74, 6) is 0.815. The Balaban J connectivity index is 2.27. The van der Waals surface area contributed by atoms with Gasteiger partial charge in [0.15, 0.2) is 0 Å². The number of hydrogen-bond donors (Lipinski definition) is 2. The lowest BCUT2D eigenvalue weighted by molar-refractivity contribution is -0.127. The molecule has 0 heterocycles. The molecule has 0 saturated heterocycles. The summed E-state index contributed by atoms with van der Waals surface area (Å²) in [6, 6.07) is 0.291. The van der Waals surface area contributed by atoms with Gasteiger partial charge in [-0.25, -0.2) is 0 Å². The van der Waals surface area contributed by atoms with Crippen molar-refractivity contribution in [3.63, 3.8) is 0 Å². The molecule has 4 heteroatoms. The van der Waals surface area contributed by atoms with Crippen molar-refractivity contribution < 1.29 is 4.79 Å². The minimum atomic E-state index is 0.168. The van der Waals surface area contributed by atoms with Gasteiger partial charge in [-0.05, 0) is 44.7 Å². The lowest BCUT2D eigenvalue weighted by Crippen LogP contribution is -2.43. The van der Waals surface area contributed by atoms with E-state index in [1.165, 1.54) is 6.42 Å². The van der Waals surface area contributed by atoms with Gasteiger partial charge >= 0.3 is 0 Å². The molecule has 3 N–H and O–H groups in total. The van der Waals surface area contributed by atoms with Gasteiger partial charge in [-0.3, -0.25) is 4.79 Å². The van der Waals surface area contributed by atoms with Gasteiger partial charge < -0.3 is 16.0 Å². The maximum absolute atomic E-state index is 12.2. The summed E-state index contributed by atoms with van der Waals surface area (Å²) in [6.07, 6.45) is 4.08. The molecule has 3 unspecified atom stereocenters. The van der Waals surface area contributed by atoms with E-state index in [9.17, 15) is 4.79 Å². The number of likely N-dealkylation sites (N-methyl/N-ethyl adjacent to an activating group) is 1. The molecule has 0 aromatic carbocycles.